The summed E-state index contributed by atoms with van der Waals surface area (Å²) in [7, 11) is 7.12. The number of fused-ring (bicyclic) bond motifs is 6. The van der Waals surface area contributed by atoms with Crippen molar-refractivity contribution in [1.82, 2.24) is 20.1 Å². The summed E-state index contributed by atoms with van der Waals surface area (Å²) < 4.78 is 12.4. The van der Waals surface area contributed by atoms with Crippen molar-refractivity contribution in [3.05, 3.63) is 94.2 Å². The van der Waals surface area contributed by atoms with Gasteiger partial charge < -0.3 is 24.7 Å². The quantitative estimate of drug-likeness (QED) is 0.253. The van der Waals surface area contributed by atoms with E-state index in [0.29, 0.717) is 12.2 Å². The molecule has 1 fully saturated rings. The number of hydrogen-bond donors (Lipinski definition) is 2. The highest BCUT2D eigenvalue weighted by Gasteiger charge is 2.68. The Hall–Kier alpha value is -4.34. The minimum atomic E-state index is -1.19. The van der Waals surface area contributed by atoms with Crippen LogP contribution in [-0.2, 0) is 31.6 Å². The molecular formula is C44H53N5O4. The largest absolute Gasteiger partial charge is 0.496 e. The fourth-order valence-electron chi connectivity index (χ4n) is 12.0. The van der Waals surface area contributed by atoms with Gasteiger partial charge in [0.15, 0.2) is 0 Å². The maximum absolute atomic E-state index is 15.2. The summed E-state index contributed by atoms with van der Waals surface area (Å²) in [4.78, 5) is 40.5. The summed E-state index contributed by atoms with van der Waals surface area (Å²) in [6, 6.07) is 12.9. The third-order valence-electron chi connectivity index (χ3n) is 14.2. The van der Waals surface area contributed by atoms with E-state index < -0.39 is 10.8 Å². The van der Waals surface area contributed by atoms with Crippen molar-refractivity contribution in [3.8, 4) is 5.75 Å². The number of benzene rings is 2. The number of aromatic nitrogens is 1. The minimum Gasteiger partial charge on any atom is -0.496 e. The second-order valence-corrected chi connectivity index (χ2v) is 16.4. The Balaban J connectivity index is 1.36. The lowest BCUT2D eigenvalue weighted by molar-refractivity contribution is -0.146. The number of methoxy groups -OCH3 is 2. The Labute approximate surface area is 313 Å². The molecule has 6 aliphatic rings. The van der Waals surface area contributed by atoms with E-state index in [1.807, 2.05) is 0 Å². The second kappa shape index (κ2) is 12.4. The number of rotatable bonds is 6. The van der Waals surface area contributed by atoms with E-state index in [2.05, 4.69) is 107 Å². The predicted octanol–water partition coefficient (Wildman–Crippen LogP) is 5.63. The summed E-state index contributed by atoms with van der Waals surface area (Å²) in [6.45, 7) is 9.07. The zero-order valence-electron chi connectivity index (χ0n) is 32.1. The maximum Gasteiger partial charge on any atom is 0.322 e. The maximum atomic E-state index is 15.2. The molecule has 7 atom stereocenters. The van der Waals surface area contributed by atoms with Crippen molar-refractivity contribution in [2.24, 2.45) is 11.3 Å². The summed E-state index contributed by atoms with van der Waals surface area (Å²) >= 11 is 0. The first-order valence-corrected chi connectivity index (χ1v) is 19.6. The van der Waals surface area contributed by atoms with Gasteiger partial charge in [-0.2, -0.15) is 0 Å². The lowest BCUT2D eigenvalue weighted by Gasteiger charge is -2.55. The Morgan fingerprint density at radius 3 is 2.68 bits per heavy atom. The van der Waals surface area contributed by atoms with E-state index in [0.717, 1.165) is 91.8 Å². The number of nitrogens with one attached hydrogen (secondary N) is 2. The van der Waals surface area contributed by atoms with Crippen molar-refractivity contribution >= 4 is 28.5 Å². The van der Waals surface area contributed by atoms with Crippen LogP contribution in [0.1, 0.15) is 61.9 Å². The third-order valence-corrected chi connectivity index (χ3v) is 14.2. The molecule has 1 aliphatic carbocycles. The Bertz CT molecular complexity index is 2110. The number of likely N-dealkylation sites (N-methyl/N-ethyl adjacent to an activating group) is 2. The number of aromatic amines is 1. The summed E-state index contributed by atoms with van der Waals surface area (Å²) in [5.74, 6) is 0.478. The molecule has 278 valence electrons. The highest BCUT2D eigenvalue weighted by molar-refractivity contribution is 5.98. The molecule has 1 amide bonds. The molecule has 1 aromatic heterocycles. The molecule has 9 rings (SSSR count). The smallest absolute Gasteiger partial charge is 0.322 e. The standard InChI is InChI=1S/C44H53N5O4/c1-7-27-20-28-23-44(41(51)53-6,37-30(14-18-48(25-27)26-28)29-12-9-10-13-34(29)46-37)33-21-32-35(22-36(33)52-5)47(4)38-31(39(50)45-3)24-42(8-2)15-11-17-49-19-16-43(32,38)40(42)49/h9-13,15,20-22,24,28,38,40,46H,7-8,14,16-19,23,25-26H2,1-6H3,(H,45,50). The fourth-order valence-corrected chi connectivity index (χ4v) is 12.0. The first-order valence-electron chi connectivity index (χ1n) is 19.6. The lowest BCUT2D eigenvalue weighted by Crippen LogP contribution is -2.63. The monoisotopic (exact) mass is 715 g/mol. The number of esters is 1. The molecule has 1 saturated heterocycles. The van der Waals surface area contributed by atoms with Crippen LogP contribution < -0.4 is 15.0 Å². The van der Waals surface area contributed by atoms with E-state index in [4.69, 9.17) is 9.47 Å². The Morgan fingerprint density at radius 1 is 1.09 bits per heavy atom. The van der Waals surface area contributed by atoms with E-state index in [1.54, 1.807) is 14.2 Å². The minimum absolute atomic E-state index is 0.0321. The fraction of sp³-hybridized carbons (Fsp3) is 0.500. The van der Waals surface area contributed by atoms with Gasteiger partial charge in [0.2, 0.25) is 5.91 Å². The van der Waals surface area contributed by atoms with Crippen molar-refractivity contribution in [2.75, 3.05) is 65.9 Å². The normalized spacial score (nSPS) is 32.7. The van der Waals surface area contributed by atoms with Gasteiger partial charge in [0.25, 0.3) is 0 Å². The second-order valence-electron chi connectivity index (χ2n) is 16.4. The van der Waals surface area contributed by atoms with E-state index >= 15 is 4.79 Å². The average molecular weight is 716 g/mol. The molecule has 7 unspecified atom stereocenters. The average Bonchev–Trinajstić information content (AvgIpc) is 3.85. The van der Waals surface area contributed by atoms with Crippen LogP contribution in [0.25, 0.3) is 10.9 Å². The van der Waals surface area contributed by atoms with Gasteiger partial charge in [-0.05, 0) is 67.8 Å². The molecule has 53 heavy (non-hydrogen) atoms. The molecular weight excluding hydrogens is 663 g/mol. The van der Waals surface area contributed by atoms with Crippen LogP contribution in [-0.4, -0.2) is 99.8 Å². The topological polar surface area (TPSA) is 90.1 Å². The number of H-pyrrole nitrogens is 1. The predicted molar refractivity (Wildman–Crippen MR) is 209 cm³/mol. The van der Waals surface area contributed by atoms with E-state index in [1.165, 1.54) is 23.8 Å². The van der Waals surface area contributed by atoms with Crippen LogP contribution in [0.4, 0.5) is 5.69 Å². The zero-order valence-corrected chi connectivity index (χ0v) is 32.1. The van der Waals surface area contributed by atoms with Gasteiger partial charge in [0.1, 0.15) is 11.2 Å². The van der Waals surface area contributed by atoms with Gasteiger partial charge in [0.05, 0.1) is 20.3 Å². The van der Waals surface area contributed by atoms with Crippen LogP contribution in [0.15, 0.2) is 71.8 Å². The zero-order chi connectivity index (χ0) is 36.9. The number of anilines is 1. The third kappa shape index (κ3) is 4.56. The van der Waals surface area contributed by atoms with Crippen LogP contribution in [0, 0.1) is 11.3 Å². The van der Waals surface area contributed by atoms with Crippen molar-refractivity contribution in [2.45, 2.75) is 68.9 Å². The van der Waals surface area contributed by atoms with Gasteiger partial charge >= 0.3 is 5.97 Å². The number of hydrogen-bond acceptors (Lipinski definition) is 7. The molecule has 6 heterocycles. The van der Waals surface area contributed by atoms with E-state index in [9.17, 15) is 4.79 Å². The first-order chi connectivity index (χ1) is 25.7. The molecule has 3 aromatic rings. The SMILES string of the molecule is CCC1=CC2CN(CCc3c([nH]c4ccccc34)C(C(=O)OC)(c3cc4c(cc3OC)N(C)C3C(C(=O)NC)=CC5(CC)C=CCN6CCC43C65)C2)C1. The van der Waals surface area contributed by atoms with Gasteiger partial charge in [-0.1, -0.05) is 61.9 Å². The van der Waals surface area contributed by atoms with Crippen LogP contribution in [0.2, 0.25) is 0 Å². The highest BCUT2D eigenvalue weighted by atomic mass is 16.5. The van der Waals surface area contributed by atoms with Crippen LogP contribution in [0.3, 0.4) is 0 Å². The van der Waals surface area contributed by atoms with E-state index in [-0.39, 0.29) is 35.3 Å². The molecule has 2 bridgehead atoms. The number of ether oxygens (including phenoxy) is 2. The number of amides is 1. The summed E-state index contributed by atoms with van der Waals surface area (Å²) in [5, 5.41) is 4.15. The highest BCUT2D eigenvalue weighted by Crippen LogP contribution is 2.65. The van der Waals surface area contributed by atoms with Gasteiger partial charge in [-0.15, -0.1) is 0 Å². The molecule has 2 aromatic carbocycles. The van der Waals surface area contributed by atoms with Gasteiger partial charge in [-0.3, -0.25) is 19.4 Å². The molecule has 0 saturated carbocycles. The molecule has 5 aliphatic heterocycles. The van der Waals surface area contributed by atoms with Crippen molar-refractivity contribution in [3.63, 3.8) is 0 Å². The summed E-state index contributed by atoms with van der Waals surface area (Å²) in [6.07, 6.45) is 13.5. The lowest BCUT2D eigenvalue weighted by atomic mass is 9.54. The Kier molecular flexibility index (Phi) is 8.02. The molecule has 9 nitrogen and oxygen atoms in total. The van der Waals surface area contributed by atoms with Gasteiger partial charge in [-0.25, -0.2) is 0 Å². The summed E-state index contributed by atoms with van der Waals surface area (Å²) in [5.41, 5.74) is 6.57. The number of carbonyl (C=O) groups is 2. The van der Waals surface area contributed by atoms with Crippen LogP contribution >= 0.6 is 0 Å². The molecule has 1 spiro atoms. The number of para-hydroxylation sites is 1. The first kappa shape index (κ1) is 34.4. The number of carbonyl (C=O) groups excluding carboxylic acids is 2. The van der Waals surface area contributed by atoms with Gasteiger partial charge in [0, 0.05) is 96.6 Å². The molecule has 0 radical (unpaired) electrons. The molecule has 9 heteroatoms. The molecule has 2 N–H and O–H groups in total. The Morgan fingerprint density at radius 2 is 1.92 bits per heavy atom. The van der Waals surface area contributed by atoms with Crippen molar-refractivity contribution in [1.29, 1.82) is 0 Å². The van der Waals surface area contributed by atoms with Crippen LogP contribution in [0.5, 0.6) is 5.75 Å². The number of nitrogens with zero attached hydrogens (tertiary/aromatic N) is 3. The van der Waals surface area contributed by atoms with Crippen molar-refractivity contribution < 1.29 is 19.1 Å².